The number of fused-ring (bicyclic) bond motifs is 1. The van der Waals surface area contributed by atoms with Gasteiger partial charge in [0.15, 0.2) is 5.82 Å². The molecule has 0 saturated carbocycles. The second-order valence-electron chi connectivity index (χ2n) is 10.6. The Morgan fingerprint density at radius 2 is 1.79 bits per heavy atom. The number of alkyl halides is 2. The molecule has 1 aliphatic rings. The highest BCUT2D eigenvalue weighted by molar-refractivity contribution is 5.95. The zero-order valence-corrected chi connectivity index (χ0v) is 24.2. The van der Waals surface area contributed by atoms with Gasteiger partial charge in [-0.1, -0.05) is 6.07 Å². The first-order valence-corrected chi connectivity index (χ1v) is 13.1. The van der Waals surface area contributed by atoms with E-state index < -0.39 is 42.5 Å². The van der Waals surface area contributed by atoms with Crippen molar-refractivity contribution in [2.24, 2.45) is 0 Å². The highest BCUT2D eigenvalue weighted by Crippen LogP contribution is 2.34. The number of hydrazine groups is 1. The number of nitrogens with one attached hydrogen (secondary N) is 3. The first kappa shape index (κ1) is 30.3. The molecule has 1 fully saturated rings. The zero-order valence-electron chi connectivity index (χ0n) is 24.2. The van der Waals surface area contributed by atoms with Crippen LogP contribution in [0.1, 0.15) is 32.8 Å². The molecule has 1 aliphatic heterocycles. The van der Waals surface area contributed by atoms with Crippen LogP contribution >= 0.6 is 0 Å². The second kappa shape index (κ2) is 12.1. The molecule has 0 aliphatic carbocycles. The molecule has 1 atom stereocenters. The predicted octanol–water partition coefficient (Wildman–Crippen LogP) is 4.36. The molecule has 0 spiro atoms. The van der Waals surface area contributed by atoms with Crippen LogP contribution in [0, 0.1) is 0 Å². The van der Waals surface area contributed by atoms with Crippen LogP contribution in [0.25, 0.3) is 10.9 Å². The van der Waals surface area contributed by atoms with E-state index in [1.165, 1.54) is 7.11 Å². The van der Waals surface area contributed by atoms with Gasteiger partial charge in [0.25, 0.3) is 11.8 Å². The Kier molecular flexibility index (Phi) is 8.73. The van der Waals surface area contributed by atoms with E-state index in [0.717, 1.165) is 10.5 Å². The van der Waals surface area contributed by atoms with Crippen molar-refractivity contribution >= 4 is 34.7 Å². The maximum atomic E-state index is 14.3. The summed E-state index contributed by atoms with van der Waals surface area (Å²) < 4.78 is 50.0. The van der Waals surface area contributed by atoms with Crippen molar-refractivity contribution in [2.45, 2.75) is 51.3 Å². The first-order valence-electron chi connectivity index (χ1n) is 13.1. The Labute approximate surface area is 241 Å². The van der Waals surface area contributed by atoms with Gasteiger partial charge in [0.05, 0.1) is 27.9 Å². The quantitative estimate of drug-likeness (QED) is 0.310. The van der Waals surface area contributed by atoms with Gasteiger partial charge in [0.2, 0.25) is 5.95 Å². The fraction of sp³-hybridized carbons (Fsp3) is 0.429. The third-order valence-corrected chi connectivity index (χ3v) is 6.35. The summed E-state index contributed by atoms with van der Waals surface area (Å²) in [4.78, 5) is 35.5. The lowest BCUT2D eigenvalue weighted by atomic mass is 10.2. The Bertz CT molecular complexity index is 1460. The fourth-order valence-electron chi connectivity index (χ4n) is 4.40. The van der Waals surface area contributed by atoms with Crippen LogP contribution in [0.4, 0.5) is 25.3 Å². The molecule has 2 heterocycles. The SMILES string of the molecule is COc1ccc(CNc2nc(NNC(=O)[C@@H]3CC(F)(F)CN3C(=O)OC(C)(C)C)c3cccc(OC)c3n2)c(OC)c1. The molecular formula is C28H34F2N6O6. The van der Waals surface area contributed by atoms with Crippen LogP contribution in [0.5, 0.6) is 17.2 Å². The molecule has 3 N–H and O–H groups in total. The van der Waals surface area contributed by atoms with Gasteiger partial charge in [-0.15, -0.1) is 0 Å². The molecule has 2 amide bonds. The van der Waals surface area contributed by atoms with Crippen molar-refractivity contribution in [1.29, 1.82) is 0 Å². The molecule has 0 bridgehead atoms. The molecule has 3 aromatic rings. The minimum absolute atomic E-state index is 0.171. The monoisotopic (exact) mass is 588 g/mol. The summed E-state index contributed by atoms with van der Waals surface area (Å²) in [6, 6.07) is 9.04. The molecule has 226 valence electrons. The maximum Gasteiger partial charge on any atom is 0.411 e. The number of ether oxygens (including phenoxy) is 4. The van der Waals surface area contributed by atoms with Crippen molar-refractivity contribution in [3.05, 3.63) is 42.0 Å². The number of para-hydroxylation sites is 1. The normalized spacial score (nSPS) is 16.1. The number of carbonyl (C=O) groups is 2. The fourth-order valence-corrected chi connectivity index (χ4v) is 4.40. The van der Waals surface area contributed by atoms with Crippen molar-refractivity contribution in [1.82, 2.24) is 20.3 Å². The highest BCUT2D eigenvalue weighted by atomic mass is 19.3. The first-order chi connectivity index (χ1) is 19.8. The summed E-state index contributed by atoms with van der Waals surface area (Å²) in [5.41, 5.74) is 5.44. The van der Waals surface area contributed by atoms with Crippen LogP contribution in [0.2, 0.25) is 0 Å². The lowest BCUT2D eigenvalue weighted by Crippen LogP contribution is -2.49. The summed E-state index contributed by atoms with van der Waals surface area (Å²) in [5.74, 6) is -2.09. The van der Waals surface area contributed by atoms with E-state index in [9.17, 15) is 18.4 Å². The number of benzene rings is 2. The number of amides is 2. The summed E-state index contributed by atoms with van der Waals surface area (Å²) in [6.07, 6.45) is -1.85. The van der Waals surface area contributed by atoms with E-state index in [2.05, 4.69) is 26.1 Å². The van der Waals surface area contributed by atoms with Gasteiger partial charge in [-0.25, -0.2) is 18.6 Å². The largest absolute Gasteiger partial charge is 0.497 e. The van der Waals surface area contributed by atoms with Gasteiger partial charge in [0, 0.05) is 30.0 Å². The van der Waals surface area contributed by atoms with E-state index in [0.29, 0.717) is 28.2 Å². The summed E-state index contributed by atoms with van der Waals surface area (Å²) in [7, 11) is 4.60. The number of aromatic nitrogens is 2. The lowest BCUT2D eigenvalue weighted by molar-refractivity contribution is -0.125. The second-order valence-corrected chi connectivity index (χ2v) is 10.6. The molecule has 1 aromatic heterocycles. The van der Waals surface area contributed by atoms with Crippen LogP contribution < -0.4 is 30.4 Å². The standard InChI is InChI=1S/C28H34F2N6O6/c1-27(2,3)42-26(38)36-15-28(29,30)13-19(36)24(37)35-34-23-18-8-7-9-20(40-5)22(18)32-25(33-23)31-14-16-10-11-17(39-4)12-21(16)41-6/h7-12,19H,13-15H2,1-6H3,(H,35,37)(H2,31,32,33,34)/t19-/m0/s1. The molecule has 0 unspecified atom stereocenters. The van der Waals surface area contributed by atoms with Crippen molar-refractivity contribution in [3.8, 4) is 17.2 Å². The number of hydrogen-bond acceptors (Lipinski definition) is 10. The van der Waals surface area contributed by atoms with Gasteiger partial charge in [0.1, 0.15) is 34.4 Å². The number of carbonyl (C=O) groups excluding carboxylic acids is 2. The molecule has 12 nitrogen and oxygen atoms in total. The Hall–Kier alpha value is -4.62. The number of rotatable bonds is 9. The molecule has 14 heteroatoms. The van der Waals surface area contributed by atoms with Gasteiger partial charge >= 0.3 is 6.09 Å². The molecule has 4 rings (SSSR count). The van der Waals surface area contributed by atoms with Crippen molar-refractivity contribution in [2.75, 3.05) is 38.6 Å². The van der Waals surface area contributed by atoms with Crippen LogP contribution in [-0.2, 0) is 16.1 Å². The number of halogens is 2. The predicted molar refractivity (Wildman–Crippen MR) is 151 cm³/mol. The Morgan fingerprint density at radius 1 is 1.05 bits per heavy atom. The molecule has 0 radical (unpaired) electrons. The van der Waals surface area contributed by atoms with Crippen LogP contribution in [0.3, 0.4) is 0 Å². The van der Waals surface area contributed by atoms with E-state index in [-0.39, 0.29) is 18.3 Å². The minimum Gasteiger partial charge on any atom is -0.497 e. The third-order valence-electron chi connectivity index (χ3n) is 6.35. The molecule has 42 heavy (non-hydrogen) atoms. The molecular weight excluding hydrogens is 554 g/mol. The zero-order chi connectivity index (χ0) is 30.7. The number of likely N-dealkylation sites (tertiary alicyclic amines) is 1. The Morgan fingerprint density at radius 3 is 2.45 bits per heavy atom. The van der Waals surface area contributed by atoms with Crippen LogP contribution in [0.15, 0.2) is 36.4 Å². The smallest absolute Gasteiger partial charge is 0.411 e. The van der Waals surface area contributed by atoms with Crippen molar-refractivity contribution in [3.63, 3.8) is 0 Å². The van der Waals surface area contributed by atoms with Gasteiger partial charge in [-0.05, 0) is 45.0 Å². The van der Waals surface area contributed by atoms with Gasteiger partial charge < -0.3 is 24.3 Å². The third kappa shape index (κ3) is 6.98. The number of nitrogens with zero attached hydrogens (tertiary/aromatic N) is 3. The summed E-state index contributed by atoms with van der Waals surface area (Å²) >= 11 is 0. The average Bonchev–Trinajstić information content (AvgIpc) is 3.28. The van der Waals surface area contributed by atoms with E-state index in [1.807, 2.05) is 6.07 Å². The Balaban J connectivity index is 1.58. The number of methoxy groups -OCH3 is 3. The van der Waals surface area contributed by atoms with E-state index in [1.54, 1.807) is 65.3 Å². The molecule has 1 saturated heterocycles. The molecule has 2 aromatic carbocycles. The van der Waals surface area contributed by atoms with Gasteiger partial charge in [-0.3, -0.25) is 20.5 Å². The van der Waals surface area contributed by atoms with Crippen molar-refractivity contribution < 1.29 is 37.3 Å². The highest BCUT2D eigenvalue weighted by Gasteiger charge is 2.51. The maximum absolute atomic E-state index is 14.3. The van der Waals surface area contributed by atoms with E-state index in [4.69, 9.17) is 18.9 Å². The lowest BCUT2D eigenvalue weighted by Gasteiger charge is -2.27. The topological polar surface area (TPSA) is 136 Å². The summed E-state index contributed by atoms with van der Waals surface area (Å²) in [5, 5.41) is 3.62. The average molecular weight is 589 g/mol. The minimum atomic E-state index is -3.26. The van der Waals surface area contributed by atoms with Crippen LogP contribution in [-0.4, -0.2) is 72.3 Å². The number of hydrogen-bond donors (Lipinski definition) is 3. The van der Waals surface area contributed by atoms with Gasteiger partial charge in [-0.2, -0.15) is 4.98 Å². The van der Waals surface area contributed by atoms with E-state index >= 15 is 0 Å². The summed E-state index contributed by atoms with van der Waals surface area (Å²) in [6.45, 7) is 4.18. The number of anilines is 2.